The van der Waals surface area contributed by atoms with E-state index in [1.807, 2.05) is 0 Å². The van der Waals surface area contributed by atoms with Crippen LogP contribution in [-0.4, -0.2) is 53.9 Å². The first-order valence-corrected chi connectivity index (χ1v) is 3.01. The molecule has 42 valence electrons. The van der Waals surface area contributed by atoms with Crippen LogP contribution in [0.2, 0.25) is 0 Å². The van der Waals surface area contributed by atoms with Crippen LogP contribution in [0.3, 0.4) is 0 Å². The molecule has 0 saturated carbocycles. The molecule has 0 unspecified atom stereocenters. The van der Waals surface area contributed by atoms with Gasteiger partial charge in [-0.2, -0.15) is 0 Å². The molecule has 3 N–H and O–H groups in total. The molecule has 0 spiro atoms. The van der Waals surface area contributed by atoms with E-state index in [2.05, 4.69) is 0 Å². The van der Waals surface area contributed by atoms with E-state index < -0.39 is 16.4 Å². The van der Waals surface area contributed by atoms with Crippen molar-refractivity contribution < 1.29 is 18.4 Å². The summed E-state index contributed by atoms with van der Waals surface area (Å²) < 4.78 is 24.8. The van der Waals surface area contributed by atoms with Gasteiger partial charge in [-0.25, -0.2) is 4.21 Å². The average molecular weight is 138 g/mol. The monoisotopic (exact) mass is 138 g/mol. The van der Waals surface area contributed by atoms with Gasteiger partial charge >= 0.3 is 29.6 Å². The number of aliphatic hydroxyl groups is 1. The van der Waals surface area contributed by atoms with E-state index in [9.17, 15) is 4.21 Å². The third kappa shape index (κ3) is 11.0. The molecule has 0 amide bonds. The molecule has 0 radical (unpaired) electrons. The molecule has 0 aliphatic rings. The van der Waals surface area contributed by atoms with Crippen molar-refractivity contribution in [3.05, 3.63) is 0 Å². The maximum absolute atomic E-state index is 9.44. The van der Waals surface area contributed by atoms with Crippen LogP contribution in [0.15, 0.2) is 0 Å². The summed E-state index contributed by atoms with van der Waals surface area (Å²) in [6, 6.07) is 0. The molecule has 4 nitrogen and oxygen atoms in total. The van der Waals surface area contributed by atoms with Gasteiger partial charge in [-0.15, -0.1) is 0 Å². The first-order valence-electron chi connectivity index (χ1n) is 1.22. The molecule has 7 heavy (non-hydrogen) atoms. The van der Waals surface area contributed by atoms with Gasteiger partial charge in [0.25, 0.3) is 0 Å². The Hall–Kier alpha value is 1.03. The second-order valence-electron chi connectivity index (χ2n) is 0.806. The van der Waals surface area contributed by atoms with E-state index in [-0.39, 0.29) is 29.6 Å². The van der Waals surface area contributed by atoms with Gasteiger partial charge in [0.15, 0.2) is 0 Å². The van der Waals surface area contributed by atoms with E-state index in [1.165, 1.54) is 0 Å². The van der Waals surface area contributed by atoms with E-state index >= 15 is 0 Å². The van der Waals surface area contributed by atoms with Gasteiger partial charge in [0.1, 0.15) is 5.94 Å². The standard InChI is InChI=1S/CH6O4S.Na.H/c2-1-6(3,4)5;;/h2,6H,1H2,(H2,3,4,5);;. The fourth-order valence-corrected chi connectivity index (χ4v) is 0. The molecule has 6 heteroatoms. The Kier molecular flexibility index (Phi) is 6.18. The first kappa shape index (κ1) is 10.9. The molecule has 0 rings (SSSR count). The van der Waals surface area contributed by atoms with Gasteiger partial charge in [-0.3, -0.25) is 0 Å². The van der Waals surface area contributed by atoms with E-state index in [0.717, 1.165) is 0 Å². The zero-order valence-corrected chi connectivity index (χ0v) is 3.80. The molecule has 0 aliphatic carbocycles. The van der Waals surface area contributed by atoms with E-state index in [1.54, 1.807) is 0 Å². The first-order chi connectivity index (χ1) is 2.56. The topological polar surface area (TPSA) is 77.8 Å². The van der Waals surface area contributed by atoms with Crippen molar-refractivity contribution in [2.75, 3.05) is 5.94 Å². The molecule has 0 aromatic heterocycles. The zero-order chi connectivity index (χ0) is 5.21. The van der Waals surface area contributed by atoms with Crippen LogP contribution in [-0.2, 0) is 10.5 Å². The number of aliphatic hydroxyl groups excluding tert-OH is 1. The molecule has 0 fully saturated rings. The van der Waals surface area contributed by atoms with Crippen molar-refractivity contribution in [1.29, 1.82) is 0 Å². The van der Waals surface area contributed by atoms with Crippen LogP contribution < -0.4 is 0 Å². The fraction of sp³-hybridized carbons (Fsp3) is 1.00. The summed E-state index contributed by atoms with van der Waals surface area (Å²) in [6.45, 7) is 0. The molecular formula is CH7NaO4S. The Morgan fingerprint density at radius 3 is 1.57 bits per heavy atom. The Balaban J connectivity index is 0. The predicted octanol–water partition coefficient (Wildman–Crippen LogP) is -1.75. The Bertz CT molecular complexity index is 75.8. The van der Waals surface area contributed by atoms with E-state index in [0.29, 0.717) is 0 Å². The van der Waals surface area contributed by atoms with Crippen molar-refractivity contribution in [2.24, 2.45) is 0 Å². The fourth-order valence-electron chi connectivity index (χ4n) is 0. The molecule has 0 saturated heterocycles. The Morgan fingerprint density at radius 2 is 1.57 bits per heavy atom. The van der Waals surface area contributed by atoms with Gasteiger partial charge in [-0.05, 0) is 0 Å². The van der Waals surface area contributed by atoms with Gasteiger partial charge < -0.3 is 14.2 Å². The van der Waals surface area contributed by atoms with Crippen molar-refractivity contribution in [2.45, 2.75) is 0 Å². The minimum absolute atomic E-state index is 0. The third-order valence-electron chi connectivity index (χ3n) is 0.184. The predicted molar refractivity (Wildman–Crippen MR) is 29.0 cm³/mol. The molecule has 0 atom stereocenters. The molecule has 0 aliphatic heterocycles. The van der Waals surface area contributed by atoms with Crippen LogP contribution in [0.25, 0.3) is 0 Å². The number of rotatable bonds is 1. The zero-order valence-electron chi connectivity index (χ0n) is 2.90. The van der Waals surface area contributed by atoms with Crippen molar-refractivity contribution >= 4 is 40.1 Å². The molecular weight excluding hydrogens is 131 g/mol. The summed E-state index contributed by atoms with van der Waals surface area (Å²) >= 11 is 0. The Labute approximate surface area is 64.3 Å². The van der Waals surface area contributed by atoms with Crippen molar-refractivity contribution in [3.63, 3.8) is 0 Å². The van der Waals surface area contributed by atoms with Crippen LogP contribution in [0.1, 0.15) is 0 Å². The second-order valence-corrected chi connectivity index (χ2v) is 2.42. The van der Waals surface area contributed by atoms with Crippen LogP contribution in [0.4, 0.5) is 0 Å². The van der Waals surface area contributed by atoms with Crippen molar-refractivity contribution in [3.8, 4) is 0 Å². The van der Waals surface area contributed by atoms with E-state index in [4.69, 9.17) is 14.2 Å². The summed E-state index contributed by atoms with van der Waals surface area (Å²) in [7, 11) is -4.09. The number of hydrogen-bond donors (Lipinski definition) is 4. The SMILES string of the molecule is O=[SH](O)(O)CO.[NaH]. The molecule has 0 aromatic rings. The second kappa shape index (κ2) is 3.96. The summed E-state index contributed by atoms with van der Waals surface area (Å²) in [5.41, 5.74) is 0. The minimum atomic E-state index is -4.09. The molecule has 0 heterocycles. The van der Waals surface area contributed by atoms with Gasteiger partial charge in [0.05, 0.1) is 10.5 Å². The van der Waals surface area contributed by atoms with Crippen LogP contribution in [0, 0.1) is 0 Å². The van der Waals surface area contributed by atoms with Gasteiger partial charge in [0.2, 0.25) is 0 Å². The van der Waals surface area contributed by atoms with Crippen LogP contribution in [0.5, 0.6) is 0 Å². The van der Waals surface area contributed by atoms with Crippen LogP contribution >= 0.6 is 0 Å². The number of thiol groups is 1. The quantitative estimate of drug-likeness (QED) is 0.256. The van der Waals surface area contributed by atoms with Gasteiger partial charge in [0, 0.05) is 0 Å². The molecule has 0 bridgehead atoms. The summed E-state index contributed by atoms with van der Waals surface area (Å²) in [4.78, 5) is 0. The Morgan fingerprint density at radius 1 is 1.43 bits per heavy atom. The normalized spacial score (nSPS) is 12.4. The summed E-state index contributed by atoms with van der Waals surface area (Å²) in [5, 5.41) is 7.64. The number of hydrogen-bond acceptors (Lipinski definition) is 2. The average Bonchev–Trinajstić information content (AvgIpc) is 1.35. The van der Waals surface area contributed by atoms with Gasteiger partial charge in [-0.1, -0.05) is 0 Å². The molecule has 0 aromatic carbocycles. The maximum atomic E-state index is 9.44. The summed E-state index contributed by atoms with van der Waals surface area (Å²) in [5.74, 6) is -1.06. The van der Waals surface area contributed by atoms with Crippen molar-refractivity contribution in [1.82, 2.24) is 0 Å². The third-order valence-corrected chi connectivity index (χ3v) is 0.553. The summed E-state index contributed by atoms with van der Waals surface area (Å²) in [6.07, 6.45) is 0.